The number of fused-ring (bicyclic) bond motifs is 3. The van der Waals surface area contributed by atoms with Crippen molar-refractivity contribution in [3.8, 4) is 16.3 Å². The average molecular weight is 469 g/mol. The van der Waals surface area contributed by atoms with Crippen molar-refractivity contribution in [1.29, 1.82) is 0 Å². The van der Waals surface area contributed by atoms with E-state index in [9.17, 15) is 4.79 Å². The molecule has 1 amide bonds. The zero-order valence-corrected chi connectivity index (χ0v) is 19.2. The van der Waals surface area contributed by atoms with Crippen LogP contribution in [0.2, 0.25) is 5.02 Å². The Labute approximate surface area is 194 Å². The van der Waals surface area contributed by atoms with Gasteiger partial charge in [-0.15, -0.1) is 0 Å². The van der Waals surface area contributed by atoms with E-state index in [1.165, 1.54) is 11.3 Å². The summed E-state index contributed by atoms with van der Waals surface area (Å²) >= 11 is 7.40. The predicted octanol–water partition coefficient (Wildman–Crippen LogP) is 5.83. The van der Waals surface area contributed by atoms with Crippen LogP contribution in [-0.4, -0.2) is 27.7 Å². The highest BCUT2D eigenvalue weighted by Crippen LogP contribution is 2.38. The Bertz CT molecular complexity index is 1330. The van der Waals surface area contributed by atoms with E-state index in [1.54, 1.807) is 19.2 Å². The molecule has 0 fully saturated rings. The zero-order chi connectivity index (χ0) is 22.2. The van der Waals surface area contributed by atoms with Gasteiger partial charge in [0.1, 0.15) is 28.2 Å². The van der Waals surface area contributed by atoms with Crippen LogP contribution in [0, 0.1) is 6.92 Å². The second-order valence-electron chi connectivity index (χ2n) is 7.59. The summed E-state index contributed by atoms with van der Waals surface area (Å²) in [6, 6.07) is 11.4. The number of benzene rings is 2. The minimum atomic E-state index is -0.529. The fourth-order valence-corrected chi connectivity index (χ4v) is 5.04. The van der Waals surface area contributed by atoms with Gasteiger partial charge in [0.15, 0.2) is 0 Å². The minimum absolute atomic E-state index is 0.166. The molecule has 0 unspecified atom stereocenters. The number of carbonyl (C=O) groups is 1. The summed E-state index contributed by atoms with van der Waals surface area (Å²) in [5.74, 6) is 1.76. The number of amides is 1. The molecule has 0 radical (unpaired) electrons. The molecular weight excluding hydrogens is 448 g/mol. The molecule has 4 aromatic rings. The number of hydrogen-bond donors (Lipinski definition) is 1. The van der Waals surface area contributed by atoms with Gasteiger partial charge < -0.3 is 14.0 Å². The molecule has 0 spiro atoms. The number of thiazole rings is 1. The number of nitrogens with one attached hydrogen (secondary N) is 1. The van der Waals surface area contributed by atoms with E-state index in [1.807, 2.05) is 31.2 Å². The topological polar surface area (TPSA) is 78.3 Å². The van der Waals surface area contributed by atoms with Crippen LogP contribution in [-0.2, 0) is 24.3 Å². The van der Waals surface area contributed by atoms with Crippen LogP contribution >= 0.6 is 22.9 Å². The summed E-state index contributed by atoms with van der Waals surface area (Å²) in [6.45, 7) is 3.02. The molecule has 0 saturated heterocycles. The first-order valence-corrected chi connectivity index (χ1v) is 11.4. The maximum atomic E-state index is 12.4. The van der Waals surface area contributed by atoms with Crippen molar-refractivity contribution >= 4 is 45.1 Å². The number of hydrogen-bond acceptors (Lipinski definition) is 6. The minimum Gasteiger partial charge on any atom is -0.496 e. The highest BCUT2D eigenvalue weighted by atomic mass is 35.5. The van der Waals surface area contributed by atoms with Crippen LogP contribution in [0.3, 0.4) is 0 Å². The van der Waals surface area contributed by atoms with Crippen LogP contribution in [0.5, 0.6) is 5.75 Å². The second-order valence-corrected chi connectivity index (χ2v) is 9.02. The van der Waals surface area contributed by atoms with Crippen molar-refractivity contribution in [2.45, 2.75) is 32.9 Å². The first-order chi connectivity index (χ1) is 15.5. The molecule has 0 aliphatic carbocycles. The number of aromatic nitrogens is 3. The Balaban J connectivity index is 1.26. The van der Waals surface area contributed by atoms with E-state index in [4.69, 9.17) is 26.1 Å². The monoisotopic (exact) mass is 468 g/mol. The number of methoxy groups -OCH3 is 1. The lowest BCUT2D eigenvalue weighted by molar-refractivity contribution is 0.155. The Hall–Kier alpha value is -3.10. The van der Waals surface area contributed by atoms with Crippen molar-refractivity contribution in [3.63, 3.8) is 0 Å². The molecule has 0 bridgehead atoms. The Kier molecular flexibility index (Phi) is 5.48. The van der Waals surface area contributed by atoms with E-state index >= 15 is 0 Å². The molecule has 1 aliphatic heterocycles. The molecule has 3 heterocycles. The molecule has 0 atom stereocenters. The van der Waals surface area contributed by atoms with Crippen molar-refractivity contribution in [2.75, 3.05) is 12.4 Å². The maximum absolute atomic E-state index is 12.4. The van der Waals surface area contributed by atoms with Crippen LogP contribution in [0.4, 0.5) is 9.80 Å². The summed E-state index contributed by atoms with van der Waals surface area (Å²) < 4.78 is 13.1. The number of anilines is 1. The number of ether oxygens (including phenoxy) is 2. The van der Waals surface area contributed by atoms with Crippen LogP contribution in [0.1, 0.15) is 23.5 Å². The van der Waals surface area contributed by atoms with Gasteiger partial charge in [0.05, 0.1) is 29.4 Å². The SMILES string of the molecule is COc1cc(Cl)ccc1-c1nc(C)c(NC(=O)OCc2ccc3c(c2)nc2n3CCC2)s1. The Morgan fingerprint density at radius 1 is 1.25 bits per heavy atom. The first kappa shape index (κ1) is 20.8. The Morgan fingerprint density at radius 3 is 2.97 bits per heavy atom. The molecule has 32 heavy (non-hydrogen) atoms. The van der Waals surface area contributed by atoms with Gasteiger partial charge in [0.2, 0.25) is 0 Å². The van der Waals surface area contributed by atoms with Crippen LogP contribution in [0.25, 0.3) is 21.6 Å². The van der Waals surface area contributed by atoms with Gasteiger partial charge in [-0.05, 0) is 49.2 Å². The summed E-state index contributed by atoms with van der Waals surface area (Å²) in [7, 11) is 1.58. The number of halogens is 1. The highest BCUT2D eigenvalue weighted by molar-refractivity contribution is 7.19. The van der Waals surface area contributed by atoms with Gasteiger partial charge in [-0.1, -0.05) is 29.0 Å². The third kappa shape index (κ3) is 3.91. The van der Waals surface area contributed by atoms with Crippen molar-refractivity contribution < 1.29 is 14.3 Å². The van der Waals surface area contributed by atoms with Crippen molar-refractivity contribution in [3.05, 3.63) is 58.5 Å². The third-order valence-corrected chi connectivity index (χ3v) is 6.79. The standard InChI is InChI=1S/C23H21ClN4O3S/c1-13-21(32-22(25-13)16-7-6-15(24)11-19(16)30-2)27-23(29)31-12-14-5-8-18-17(10-14)26-20-4-3-9-28(18)20/h5-8,10-11H,3-4,9,12H2,1-2H3,(H,27,29). The van der Waals surface area contributed by atoms with Gasteiger partial charge in [-0.2, -0.15) is 0 Å². The fraction of sp³-hybridized carbons (Fsp3) is 0.261. The molecule has 9 heteroatoms. The first-order valence-electron chi connectivity index (χ1n) is 10.2. The van der Waals surface area contributed by atoms with E-state index in [0.717, 1.165) is 52.4 Å². The molecule has 0 saturated carbocycles. The lowest BCUT2D eigenvalue weighted by atomic mass is 10.2. The second kappa shape index (κ2) is 8.44. The van der Waals surface area contributed by atoms with Crippen molar-refractivity contribution in [1.82, 2.24) is 14.5 Å². The number of carbonyl (C=O) groups excluding carboxylic acids is 1. The predicted molar refractivity (Wildman–Crippen MR) is 126 cm³/mol. The van der Waals surface area contributed by atoms with Gasteiger partial charge in [-0.25, -0.2) is 14.8 Å². The van der Waals surface area contributed by atoms with Crippen LogP contribution in [0.15, 0.2) is 36.4 Å². The lowest BCUT2D eigenvalue weighted by Crippen LogP contribution is -2.13. The molecule has 2 aromatic carbocycles. The Morgan fingerprint density at radius 2 is 2.12 bits per heavy atom. The number of rotatable bonds is 5. The normalized spacial score (nSPS) is 12.7. The average Bonchev–Trinajstić information content (AvgIpc) is 3.47. The largest absolute Gasteiger partial charge is 0.496 e. The third-order valence-electron chi connectivity index (χ3n) is 5.45. The summed E-state index contributed by atoms with van der Waals surface area (Å²) in [5, 5.41) is 4.73. The summed E-state index contributed by atoms with van der Waals surface area (Å²) in [6.07, 6.45) is 1.63. The fourth-order valence-electron chi connectivity index (χ4n) is 3.90. The van der Waals surface area contributed by atoms with Crippen LogP contribution < -0.4 is 10.1 Å². The molecule has 2 aromatic heterocycles. The zero-order valence-electron chi connectivity index (χ0n) is 17.6. The van der Waals surface area contributed by atoms with Crippen molar-refractivity contribution in [2.24, 2.45) is 0 Å². The van der Waals surface area contributed by atoms with E-state index < -0.39 is 6.09 Å². The van der Waals surface area contributed by atoms with Gasteiger partial charge in [0, 0.05) is 18.0 Å². The smallest absolute Gasteiger partial charge is 0.412 e. The molecular formula is C23H21ClN4O3S. The molecule has 164 valence electrons. The lowest BCUT2D eigenvalue weighted by Gasteiger charge is -2.07. The highest BCUT2D eigenvalue weighted by Gasteiger charge is 2.18. The van der Waals surface area contributed by atoms with Gasteiger partial charge in [0.25, 0.3) is 0 Å². The number of aryl methyl sites for hydroxylation is 3. The van der Waals surface area contributed by atoms with Gasteiger partial charge in [-0.3, -0.25) is 5.32 Å². The summed E-state index contributed by atoms with van der Waals surface area (Å²) in [5.41, 5.74) is 4.49. The maximum Gasteiger partial charge on any atom is 0.412 e. The molecule has 1 N–H and O–H groups in total. The van der Waals surface area contributed by atoms with E-state index in [0.29, 0.717) is 21.5 Å². The summed E-state index contributed by atoms with van der Waals surface area (Å²) in [4.78, 5) is 21.7. The quantitative estimate of drug-likeness (QED) is 0.399. The van der Waals surface area contributed by atoms with Gasteiger partial charge >= 0.3 is 6.09 Å². The molecule has 7 nitrogen and oxygen atoms in total. The van der Waals surface area contributed by atoms with E-state index in [-0.39, 0.29) is 6.61 Å². The number of nitrogens with zero attached hydrogens (tertiary/aromatic N) is 3. The number of imidazole rings is 1. The molecule has 5 rings (SSSR count). The van der Waals surface area contributed by atoms with E-state index in [2.05, 4.69) is 14.9 Å². The molecule has 1 aliphatic rings.